The molecule has 0 aromatic heterocycles. The standard InChI is InChI=1S/C18H20F2N2/c1-14-5-7-15(8-6-14)22-11-9-21(10-12-22)13-16-17(19)3-2-4-18(16)20/h2-8H,9-13H2,1H3. The summed E-state index contributed by atoms with van der Waals surface area (Å²) in [6.45, 7) is 5.77. The maximum Gasteiger partial charge on any atom is 0.130 e. The lowest BCUT2D eigenvalue weighted by molar-refractivity contribution is 0.243. The molecule has 0 atom stereocenters. The van der Waals surface area contributed by atoms with Gasteiger partial charge in [0.1, 0.15) is 11.6 Å². The minimum Gasteiger partial charge on any atom is -0.369 e. The van der Waals surface area contributed by atoms with Crippen LogP contribution in [0.15, 0.2) is 42.5 Å². The molecule has 0 N–H and O–H groups in total. The number of rotatable bonds is 3. The first-order valence-corrected chi connectivity index (χ1v) is 7.60. The average Bonchev–Trinajstić information content (AvgIpc) is 2.53. The van der Waals surface area contributed by atoms with Crippen molar-refractivity contribution in [1.29, 1.82) is 0 Å². The lowest BCUT2D eigenvalue weighted by Gasteiger charge is -2.36. The van der Waals surface area contributed by atoms with Gasteiger partial charge in [-0.15, -0.1) is 0 Å². The molecular weight excluding hydrogens is 282 g/mol. The molecule has 0 aliphatic carbocycles. The van der Waals surface area contributed by atoms with Crippen LogP contribution in [0.2, 0.25) is 0 Å². The van der Waals surface area contributed by atoms with Gasteiger partial charge in [0.25, 0.3) is 0 Å². The minimum atomic E-state index is -0.457. The van der Waals surface area contributed by atoms with Gasteiger partial charge in [0.2, 0.25) is 0 Å². The van der Waals surface area contributed by atoms with E-state index in [1.54, 1.807) is 0 Å². The smallest absolute Gasteiger partial charge is 0.130 e. The van der Waals surface area contributed by atoms with Crippen LogP contribution in [-0.4, -0.2) is 31.1 Å². The minimum absolute atomic E-state index is 0.172. The van der Waals surface area contributed by atoms with E-state index < -0.39 is 11.6 Å². The second-order valence-corrected chi connectivity index (χ2v) is 5.80. The van der Waals surface area contributed by atoms with Crippen LogP contribution in [0.5, 0.6) is 0 Å². The van der Waals surface area contributed by atoms with Gasteiger partial charge in [0, 0.05) is 44.0 Å². The molecule has 0 amide bonds. The Morgan fingerprint density at radius 1 is 0.864 bits per heavy atom. The van der Waals surface area contributed by atoms with Gasteiger partial charge in [-0.25, -0.2) is 8.78 Å². The SMILES string of the molecule is Cc1ccc(N2CCN(Cc3c(F)cccc3F)CC2)cc1. The first-order chi connectivity index (χ1) is 10.6. The normalized spacial score (nSPS) is 16.0. The van der Waals surface area contributed by atoms with Crippen molar-refractivity contribution in [2.24, 2.45) is 0 Å². The molecule has 1 aliphatic rings. The zero-order chi connectivity index (χ0) is 15.5. The summed E-state index contributed by atoms with van der Waals surface area (Å²) < 4.78 is 27.4. The molecule has 1 fully saturated rings. The summed E-state index contributed by atoms with van der Waals surface area (Å²) in [6.07, 6.45) is 0. The average molecular weight is 302 g/mol. The third-order valence-corrected chi connectivity index (χ3v) is 4.21. The van der Waals surface area contributed by atoms with Crippen LogP contribution < -0.4 is 4.90 Å². The summed E-state index contributed by atoms with van der Waals surface area (Å²) in [4.78, 5) is 4.42. The lowest BCUT2D eigenvalue weighted by atomic mass is 10.1. The van der Waals surface area contributed by atoms with Crippen LogP contribution >= 0.6 is 0 Å². The van der Waals surface area contributed by atoms with E-state index in [2.05, 4.69) is 41.0 Å². The second kappa shape index (κ2) is 6.44. The van der Waals surface area contributed by atoms with Gasteiger partial charge in [-0.05, 0) is 31.2 Å². The number of halogens is 2. The maximum atomic E-state index is 13.7. The Labute approximate surface area is 130 Å². The molecule has 0 bridgehead atoms. The van der Waals surface area contributed by atoms with E-state index in [0.29, 0.717) is 6.54 Å². The molecule has 0 spiro atoms. The first-order valence-electron chi connectivity index (χ1n) is 7.60. The highest BCUT2D eigenvalue weighted by molar-refractivity contribution is 5.47. The van der Waals surface area contributed by atoms with Crippen LogP contribution in [0.1, 0.15) is 11.1 Å². The Balaban J connectivity index is 1.61. The monoisotopic (exact) mass is 302 g/mol. The molecule has 22 heavy (non-hydrogen) atoms. The number of aryl methyl sites for hydroxylation is 1. The van der Waals surface area contributed by atoms with Gasteiger partial charge in [0.15, 0.2) is 0 Å². The summed E-state index contributed by atoms with van der Waals surface area (Å²) in [7, 11) is 0. The molecule has 4 heteroatoms. The van der Waals surface area contributed by atoms with Crippen LogP contribution in [0.25, 0.3) is 0 Å². The summed E-state index contributed by atoms with van der Waals surface area (Å²) in [5, 5.41) is 0. The van der Waals surface area contributed by atoms with Crippen molar-refractivity contribution in [1.82, 2.24) is 4.90 Å². The van der Waals surface area contributed by atoms with Crippen molar-refractivity contribution >= 4 is 5.69 Å². The largest absolute Gasteiger partial charge is 0.369 e. The fraction of sp³-hybridized carbons (Fsp3) is 0.333. The zero-order valence-corrected chi connectivity index (χ0v) is 12.7. The van der Waals surface area contributed by atoms with Crippen molar-refractivity contribution < 1.29 is 8.78 Å². The van der Waals surface area contributed by atoms with Gasteiger partial charge >= 0.3 is 0 Å². The van der Waals surface area contributed by atoms with E-state index in [1.807, 2.05) is 0 Å². The van der Waals surface area contributed by atoms with Crippen LogP contribution in [0.4, 0.5) is 14.5 Å². The fourth-order valence-electron chi connectivity index (χ4n) is 2.83. The number of anilines is 1. The molecule has 1 saturated heterocycles. The third-order valence-electron chi connectivity index (χ3n) is 4.21. The van der Waals surface area contributed by atoms with E-state index in [9.17, 15) is 8.78 Å². The lowest BCUT2D eigenvalue weighted by Crippen LogP contribution is -2.46. The number of hydrogen-bond acceptors (Lipinski definition) is 2. The number of benzene rings is 2. The molecule has 1 aliphatic heterocycles. The molecule has 0 radical (unpaired) electrons. The van der Waals surface area contributed by atoms with Crippen LogP contribution in [-0.2, 0) is 6.54 Å². The van der Waals surface area contributed by atoms with Gasteiger partial charge < -0.3 is 4.90 Å². The van der Waals surface area contributed by atoms with Crippen molar-refractivity contribution in [3.05, 3.63) is 65.2 Å². The topological polar surface area (TPSA) is 6.48 Å². The molecule has 2 aromatic carbocycles. The van der Waals surface area contributed by atoms with E-state index in [4.69, 9.17) is 0 Å². The van der Waals surface area contributed by atoms with Crippen LogP contribution in [0.3, 0.4) is 0 Å². The van der Waals surface area contributed by atoms with Gasteiger partial charge in [0.05, 0.1) is 0 Å². The quantitative estimate of drug-likeness (QED) is 0.855. The number of piperazine rings is 1. The Bertz CT molecular complexity index is 612. The van der Waals surface area contributed by atoms with Crippen molar-refractivity contribution in [2.75, 3.05) is 31.1 Å². The Kier molecular flexibility index (Phi) is 4.39. The maximum absolute atomic E-state index is 13.7. The highest BCUT2D eigenvalue weighted by atomic mass is 19.1. The molecule has 116 valence electrons. The summed E-state index contributed by atoms with van der Waals surface area (Å²) in [5.41, 5.74) is 2.63. The van der Waals surface area contributed by atoms with Gasteiger partial charge in [-0.1, -0.05) is 23.8 Å². The molecule has 0 unspecified atom stereocenters. The second-order valence-electron chi connectivity index (χ2n) is 5.80. The van der Waals surface area contributed by atoms with Gasteiger partial charge in [-0.2, -0.15) is 0 Å². The van der Waals surface area contributed by atoms with E-state index in [0.717, 1.165) is 26.2 Å². The van der Waals surface area contributed by atoms with E-state index in [1.165, 1.54) is 29.4 Å². The van der Waals surface area contributed by atoms with E-state index >= 15 is 0 Å². The highest BCUT2D eigenvalue weighted by Crippen LogP contribution is 2.19. The molecule has 2 nitrogen and oxygen atoms in total. The summed E-state index contributed by atoms with van der Waals surface area (Å²) in [6, 6.07) is 12.5. The molecular formula is C18H20F2N2. The Hall–Kier alpha value is -1.94. The fourth-order valence-corrected chi connectivity index (χ4v) is 2.83. The summed E-state index contributed by atoms with van der Waals surface area (Å²) in [5.74, 6) is -0.915. The predicted molar refractivity (Wildman–Crippen MR) is 85.0 cm³/mol. The first kappa shape index (κ1) is 15.0. The molecule has 0 saturated carbocycles. The van der Waals surface area contributed by atoms with Crippen LogP contribution in [0, 0.1) is 18.6 Å². The highest BCUT2D eigenvalue weighted by Gasteiger charge is 2.19. The van der Waals surface area contributed by atoms with Crippen molar-refractivity contribution in [3.8, 4) is 0 Å². The molecule has 1 heterocycles. The zero-order valence-electron chi connectivity index (χ0n) is 12.7. The van der Waals surface area contributed by atoms with Gasteiger partial charge in [-0.3, -0.25) is 4.90 Å². The number of hydrogen-bond donors (Lipinski definition) is 0. The Morgan fingerprint density at radius 3 is 2.05 bits per heavy atom. The summed E-state index contributed by atoms with van der Waals surface area (Å²) >= 11 is 0. The molecule has 3 rings (SSSR count). The molecule has 2 aromatic rings. The predicted octanol–water partition coefficient (Wildman–Crippen LogP) is 3.60. The Morgan fingerprint density at radius 2 is 1.45 bits per heavy atom. The number of nitrogens with zero attached hydrogens (tertiary/aromatic N) is 2. The van der Waals surface area contributed by atoms with Crippen molar-refractivity contribution in [2.45, 2.75) is 13.5 Å². The van der Waals surface area contributed by atoms with E-state index in [-0.39, 0.29) is 5.56 Å². The van der Waals surface area contributed by atoms with Crippen molar-refractivity contribution in [3.63, 3.8) is 0 Å². The third kappa shape index (κ3) is 3.28.